The van der Waals surface area contributed by atoms with Gasteiger partial charge in [0.1, 0.15) is 22.0 Å². The topological polar surface area (TPSA) is 113 Å². The van der Waals surface area contributed by atoms with Gasteiger partial charge in [0.2, 0.25) is 0 Å². The van der Waals surface area contributed by atoms with E-state index in [9.17, 15) is 27.3 Å². The summed E-state index contributed by atoms with van der Waals surface area (Å²) in [5, 5.41) is 9.44. The maximum absolute atomic E-state index is 14.9. The Hall–Kier alpha value is -2.58. The van der Waals surface area contributed by atoms with Crippen molar-refractivity contribution in [2.45, 2.75) is 101 Å². The fraction of sp³-hybridized carbons (Fsp3) is 0.536. The van der Waals surface area contributed by atoms with Crippen molar-refractivity contribution in [3.8, 4) is 5.75 Å². The van der Waals surface area contributed by atoms with E-state index in [4.69, 9.17) is 18.6 Å². The standard InChI is InChI=1S/C28H36B2F3NO8S/c1-17-10-18(29-39-24(2,3)25(4,5)40-29)13-21(11-17)43(37,34-16-23(35)36)22-14-19(12-20(15-22)38-28(31,32)33)30-41-26(6,7)27(8,9)42-30/h10-15H,16H2,1-9H3,(H,35,36). The molecule has 1 N–H and O–H groups in total. The second-order valence-corrected chi connectivity index (χ2v) is 15.0. The first-order valence-corrected chi connectivity index (χ1v) is 15.1. The number of carboxylic acids is 1. The highest BCUT2D eigenvalue weighted by Gasteiger charge is 2.53. The van der Waals surface area contributed by atoms with Crippen LogP contribution in [-0.2, 0) is 33.1 Å². The molecule has 1 atom stereocenters. The van der Waals surface area contributed by atoms with Crippen LogP contribution in [-0.4, -0.2) is 64.8 Å². The van der Waals surface area contributed by atoms with Gasteiger partial charge in [0.25, 0.3) is 0 Å². The van der Waals surface area contributed by atoms with Crippen LogP contribution in [0.3, 0.4) is 0 Å². The molecule has 9 nitrogen and oxygen atoms in total. The SMILES string of the molecule is Cc1cc(B2OC(C)(C)C(C)(C)O2)cc(S(=O)(=NCC(=O)O)c2cc(OC(F)(F)F)cc(B3OC(C)(C)C(C)(C)O3)c2)c1. The highest BCUT2D eigenvalue weighted by atomic mass is 32.2. The lowest BCUT2D eigenvalue weighted by Crippen LogP contribution is -2.41. The van der Waals surface area contributed by atoms with E-state index in [1.807, 2.05) is 27.7 Å². The van der Waals surface area contributed by atoms with Gasteiger partial charge in [-0.1, -0.05) is 11.6 Å². The normalized spacial score (nSPS) is 21.9. The Labute approximate surface area is 250 Å². The summed E-state index contributed by atoms with van der Waals surface area (Å²) in [6, 6.07) is 8.18. The monoisotopic (exact) mass is 625 g/mol. The molecule has 2 aromatic rings. The summed E-state index contributed by atoms with van der Waals surface area (Å²) in [6.45, 7) is 15.5. The minimum Gasteiger partial charge on any atom is -0.480 e. The van der Waals surface area contributed by atoms with Crippen molar-refractivity contribution in [1.29, 1.82) is 0 Å². The largest absolute Gasteiger partial charge is 0.573 e. The van der Waals surface area contributed by atoms with Gasteiger partial charge in [-0.15, -0.1) is 13.2 Å². The Morgan fingerprint density at radius 1 is 0.814 bits per heavy atom. The van der Waals surface area contributed by atoms with Gasteiger partial charge in [-0.25, -0.2) is 8.57 Å². The molecule has 4 rings (SSSR count). The molecule has 0 saturated carbocycles. The molecule has 0 aliphatic carbocycles. The van der Waals surface area contributed by atoms with Gasteiger partial charge in [-0.05, 0) is 104 Å². The molecule has 0 spiro atoms. The van der Waals surface area contributed by atoms with Gasteiger partial charge >= 0.3 is 26.6 Å². The van der Waals surface area contributed by atoms with Crippen LogP contribution >= 0.6 is 0 Å². The second kappa shape index (κ2) is 10.8. The first-order valence-electron chi connectivity index (χ1n) is 13.6. The zero-order valence-electron chi connectivity index (χ0n) is 25.6. The van der Waals surface area contributed by atoms with Crippen molar-refractivity contribution in [2.24, 2.45) is 4.36 Å². The summed E-state index contributed by atoms with van der Waals surface area (Å²) in [4.78, 5) is 11.4. The maximum Gasteiger partial charge on any atom is 0.573 e. The first-order chi connectivity index (χ1) is 19.4. The number of alkyl halides is 3. The number of aryl methyl sites for hydroxylation is 1. The van der Waals surface area contributed by atoms with E-state index in [1.165, 1.54) is 18.2 Å². The van der Waals surface area contributed by atoms with Crippen LogP contribution in [0.5, 0.6) is 5.75 Å². The van der Waals surface area contributed by atoms with E-state index in [2.05, 4.69) is 9.10 Å². The lowest BCUT2D eigenvalue weighted by atomic mass is 9.78. The number of ether oxygens (including phenoxy) is 1. The quantitative estimate of drug-likeness (QED) is 0.449. The van der Waals surface area contributed by atoms with E-state index in [0.29, 0.717) is 11.0 Å². The molecule has 0 radical (unpaired) electrons. The third-order valence-corrected chi connectivity index (χ3v) is 10.5. The van der Waals surface area contributed by atoms with Crippen LogP contribution < -0.4 is 15.7 Å². The predicted octanol–water partition coefficient (Wildman–Crippen LogP) is 4.46. The number of halogens is 3. The molecule has 2 saturated heterocycles. The summed E-state index contributed by atoms with van der Waals surface area (Å²) in [5.41, 5.74) is -1.83. The molecule has 15 heteroatoms. The van der Waals surface area contributed by atoms with Crippen LogP contribution in [0.1, 0.15) is 61.0 Å². The molecule has 234 valence electrons. The van der Waals surface area contributed by atoms with Crippen molar-refractivity contribution in [3.63, 3.8) is 0 Å². The lowest BCUT2D eigenvalue weighted by Gasteiger charge is -2.32. The molecule has 2 aliphatic heterocycles. The molecule has 1 unspecified atom stereocenters. The molecule has 2 aromatic carbocycles. The number of carboxylic acid groups (broad SMARTS) is 1. The number of carbonyl (C=O) groups is 1. The second-order valence-electron chi connectivity index (χ2n) is 12.7. The van der Waals surface area contributed by atoms with Gasteiger partial charge < -0.3 is 28.5 Å². The summed E-state index contributed by atoms with van der Waals surface area (Å²) in [6.07, 6.45) is -5.07. The summed E-state index contributed by atoms with van der Waals surface area (Å²) in [5.74, 6) is -2.06. The van der Waals surface area contributed by atoms with Crippen LogP contribution in [0.4, 0.5) is 13.2 Å². The molecule has 2 aliphatic rings. The van der Waals surface area contributed by atoms with Crippen molar-refractivity contribution < 1.29 is 50.6 Å². The Balaban J connectivity index is 1.92. The fourth-order valence-electron chi connectivity index (χ4n) is 4.54. The van der Waals surface area contributed by atoms with Crippen LogP contribution in [0.25, 0.3) is 0 Å². The van der Waals surface area contributed by atoms with Crippen molar-refractivity contribution in [3.05, 3.63) is 42.0 Å². The molecule has 43 heavy (non-hydrogen) atoms. The highest BCUT2D eigenvalue weighted by Crippen LogP contribution is 2.39. The molecule has 0 bridgehead atoms. The Morgan fingerprint density at radius 2 is 1.23 bits per heavy atom. The van der Waals surface area contributed by atoms with E-state index in [-0.39, 0.29) is 15.3 Å². The minimum absolute atomic E-state index is 0.0579. The predicted molar refractivity (Wildman–Crippen MR) is 155 cm³/mol. The van der Waals surface area contributed by atoms with Gasteiger partial charge in [0.15, 0.2) is 0 Å². The van der Waals surface area contributed by atoms with Gasteiger partial charge in [-0.2, -0.15) is 0 Å². The molecule has 2 fully saturated rings. The number of benzene rings is 2. The van der Waals surface area contributed by atoms with Crippen molar-refractivity contribution >= 4 is 40.9 Å². The summed E-state index contributed by atoms with van der Waals surface area (Å²) in [7, 11) is -5.88. The van der Waals surface area contributed by atoms with E-state index in [1.54, 1.807) is 40.7 Å². The first kappa shape index (κ1) is 33.3. The van der Waals surface area contributed by atoms with E-state index in [0.717, 1.165) is 12.1 Å². The Bertz CT molecular complexity index is 1520. The zero-order valence-corrected chi connectivity index (χ0v) is 26.4. The summed E-state index contributed by atoms with van der Waals surface area (Å²) >= 11 is 0. The lowest BCUT2D eigenvalue weighted by molar-refractivity contribution is -0.274. The van der Waals surface area contributed by atoms with Crippen molar-refractivity contribution in [2.75, 3.05) is 6.54 Å². The Kier molecular flexibility index (Phi) is 8.36. The van der Waals surface area contributed by atoms with Crippen LogP contribution in [0, 0.1) is 6.92 Å². The molecule has 0 aromatic heterocycles. The fourth-order valence-corrected chi connectivity index (χ4v) is 6.62. The number of hydrogen-bond acceptors (Lipinski definition) is 8. The van der Waals surface area contributed by atoms with Gasteiger partial charge in [0, 0.05) is 0 Å². The molecule has 2 heterocycles. The van der Waals surface area contributed by atoms with Gasteiger partial charge in [-0.3, -0.25) is 4.79 Å². The molecular weight excluding hydrogens is 589 g/mol. The van der Waals surface area contributed by atoms with E-state index < -0.39 is 71.0 Å². The molecule has 0 amide bonds. The average Bonchev–Trinajstić information content (AvgIpc) is 3.20. The highest BCUT2D eigenvalue weighted by molar-refractivity contribution is 7.93. The van der Waals surface area contributed by atoms with Crippen LogP contribution in [0.2, 0.25) is 0 Å². The summed E-state index contributed by atoms with van der Waals surface area (Å²) < 4.78 is 87.8. The van der Waals surface area contributed by atoms with E-state index >= 15 is 0 Å². The van der Waals surface area contributed by atoms with Crippen LogP contribution in [0.15, 0.2) is 50.6 Å². The number of aliphatic carboxylic acids is 1. The smallest absolute Gasteiger partial charge is 0.480 e. The average molecular weight is 625 g/mol. The maximum atomic E-state index is 14.9. The third-order valence-electron chi connectivity index (χ3n) is 8.28. The number of hydrogen-bond donors (Lipinski definition) is 1. The van der Waals surface area contributed by atoms with Gasteiger partial charge in [0.05, 0.1) is 32.2 Å². The third kappa shape index (κ3) is 6.75. The zero-order chi connectivity index (χ0) is 32.4. The Morgan fingerprint density at radius 3 is 1.65 bits per heavy atom. The molecular formula is C28H36B2F3NO8S. The number of nitrogens with zero attached hydrogens (tertiary/aromatic N) is 1. The van der Waals surface area contributed by atoms with Crippen molar-refractivity contribution in [1.82, 2.24) is 0 Å². The number of rotatable bonds is 7. The minimum atomic E-state index is -5.07.